The van der Waals surface area contributed by atoms with Gasteiger partial charge in [-0.3, -0.25) is 20.2 Å². The molecular formula is C27H25BrN6O8. The molecule has 2 aromatic carbocycles. The largest absolute Gasteiger partial charge is 0.453 e. The summed E-state index contributed by atoms with van der Waals surface area (Å²) in [5.74, 6) is 0. The van der Waals surface area contributed by atoms with Crippen LogP contribution in [-0.2, 0) is 4.84 Å². The van der Waals surface area contributed by atoms with Crippen LogP contribution in [0.1, 0.15) is 28.2 Å². The summed E-state index contributed by atoms with van der Waals surface area (Å²) >= 11 is 3.19. The van der Waals surface area contributed by atoms with E-state index in [-0.39, 0.29) is 30.1 Å². The normalized spacial score (nSPS) is 10.8. The summed E-state index contributed by atoms with van der Waals surface area (Å²) in [6.45, 7) is 5.28. The molecule has 15 heteroatoms. The van der Waals surface area contributed by atoms with Crippen molar-refractivity contribution in [3.63, 3.8) is 0 Å². The number of anilines is 1. The third-order valence-electron chi connectivity index (χ3n) is 5.42. The summed E-state index contributed by atoms with van der Waals surface area (Å²) in [6, 6.07) is 14.6. The monoisotopic (exact) mass is 640 g/mol. The van der Waals surface area contributed by atoms with Crippen LogP contribution in [0, 0.1) is 25.1 Å². The molecule has 0 saturated carbocycles. The standard InChI is InChI=1S/C11H5BrN2O3.C11H7N3O3.C4H9NO2.CH4/c2*12-9-7(14(15)16)5-13-10-6-3-1-2-4-8(6)17-11(9)10;1-4(2,3)7-5-6;/h1-5H;1-5H,(H2,12,13);1-3H3;1H4. The van der Waals surface area contributed by atoms with Crippen LogP contribution in [0.25, 0.3) is 44.1 Å². The highest BCUT2D eigenvalue weighted by Gasteiger charge is 2.21. The molecule has 0 amide bonds. The minimum atomic E-state index is -0.574. The molecule has 6 aromatic rings. The van der Waals surface area contributed by atoms with Crippen molar-refractivity contribution < 1.29 is 23.5 Å². The Morgan fingerprint density at radius 2 is 1.31 bits per heavy atom. The Hall–Kier alpha value is -5.18. The average molecular weight is 641 g/mol. The van der Waals surface area contributed by atoms with Gasteiger partial charge in [-0.2, -0.15) is 0 Å². The van der Waals surface area contributed by atoms with E-state index in [2.05, 4.69) is 36.1 Å². The Bertz CT molecular complexity index is 1800. The van der Waals surface area contributed by atoms with Crippen molar-refractivity contribution in [3.05, 3.63) is 90.5 Å². The van der Waals surface area contributed by atoms with Crippen molar-refractivity contribution in [2.45, 2.75) is 33.8 Å². The van der Waals surface area contributed by atoms with Crippen molar-refractivity contribution in [1.82, 2.24) is 9.97 Å². The molecule has 0 spiro atoms. The first-order valence-corrected chi connectivity index (χ1v) is 12.5. The van der Waals surface area contributed by atoms with E-state index >= 15 is 0 Å². The zero-order valence-electron chi connectivity index (χ0n) is 21.7. The van der Waals surface area contributed by atoms with Gasteiger partial charge in [0.15, 0.2) is 22.2 Å². The van der Waals surface area contributed by atoms with Crippen LogP contribution in [0.2, 0.25) is 0 Å². The van der Waals surface area contributed by atoms with Crippen molar-refractivity contribution in [1.29, 1.82) is 0 Å². The predicted molar refractivity (Wildman–Crippen MR) is 162 cm³/mol. The van der Waals surface area contributed by atoms with E-state index in [1.165, 1.54) is 6.20 Å². The zero-order chi connectivity index (χ0) is 29.9. The lowest BCUT2D eigenvalue weighted by Gasteiger charge is -2.11. The molecule has 0 atom stereocenters. The predicted octanol–water partition coefficient (Wildman–Crippen LogP) is 8.24. The number of para-hydroxylation sites is 2. The highest BCUT2D eigenvalue weighted by atomic mass is 79.9. The number of nitro groups is 2. The Balaban J connectivity index is 0.000000186. The quantitative estimate of drug-likeness (QED) is 0.111. The highest BCUT2D eigenvalue weighted by Crippen LogP contribution is 2.37. The van der Waals surface area contributed by atoms with E-state index in [0.717, 1.165) is 17.0 Å². The molecule has 0 fully saturated rings. The van der Waals surface area contributed by atoms with Gasteiger partial charge in [0.05, 0.1) is 9.85 Å². The third kappa shape index (κ3) is 6.41. The molecule has 0 radical (unpaired) electrons. The van der Waals surface area contributed by atoms with E-state index in [1.807, 2.05) is 36.4 Å². The minimum Gasteiger partial charge on any atom is -0.453 e. The zero-order valence-corrected chi connectivity index (χ0v) is 23.3. The van der Waals surface area contributed by atoms with E-state index in [1.54, 1.807) is 32.9 Å². The van der Waals surface area contributed by atoms with E-state index < -0.39 is 15.4 Å². The third-order valence-corrected chi connectivity index (χ3v) is 6.19. The molecule has 4 heterocycles. The SMILES string of the molecule is C.CC(C)(C)ON=O.Nc1c([N+](=O)[O-])cnc2c1oc1ccccc12.O=[N+]([O-])c1cnc2c(oc3ccccc32)c1Br. The number of hydrogen-bond donors (Lipinski definition) is 1. The molecule has 0 saturated heterocycles. The molecule has 4 aromatic heterocycles. The molecule has 0 unspecified atom stereocenters. The number of nitrogens with zero attached hydrogens (tertiary/aromatic N) is 5. The van der Waals surface area contributed by atoms with Gasteiger partial charge in [-0.1, -0.05) is 31.7 Å². The molecule has 0 aliphatic rings. The number of benzene rings is 2. The minimum absolute atomic E-state index is 0. The van der Waals surface area contributed by atoms with Gasteiger partial charge in [0.2, 0.25) is 0 Å². The van der Waals surface area contributed by atoms with Crippen molar-refractivity contribution in [2.24, 2.45) is 5.34 Å². The fraction of sp³-hybridized carbons (Fsp3) is 0.185. The van der Waals surface area contributed by atoms with Gasteiger partial charge in [-0.15, -0.1) is 4.91 Å². The summed E-state index contributed by atoms with van der Waals surface area (Å²) in [5.41, 5.74) is 8.06. The fourth-order valence-corrected chi connectivity index (χ4v) is 4.16. The summed E-state index contributed by atoms with van der Waals surface area (Å²) < 4.78 is 11.4. The van der Waals surface area contributed by atoms with Crippen molar-refractivity contribution in [2.75, 3.05) is 5.73 Å². The number of rotatable bonds is 3. The summed E-state index contributed by atoms with van der Waals surface area (Å²) in [5, 5.41) is 25.4. The second-order valence-corrected chi connectivity index (χ2v) is 10.2. The van der Waals surface area contributed by atoms with Gasteiger partial charge in [-0.05, 0) is 61.0 Å². The van der Waals surface area contributed by atoms with Crippen LogP contribution in [0.5, 0.6) is 0 Å². The number of nitrogen functional groups attached to an aromatic ring is 1. The van der Waals surface area contributed by atoms with Gasteiger partial charge in [0, 0.05) is 10.8 Å². The van der Waals surface area contributed by atoms with Crippen molar-refractivity contribution >= 4 is 77.1 Å². The average Bonchev–Trinajstić information content (AvgIpc) is 3.49. The number of hydrogen-bond acceptors (Lipinski definition) is 12. The smallest absolute Gasteiger partial charge is 0.314 e. The van der Waals surface area contributed by atoms with Gasteiger partial charge in [0.25, 0.3) is 0 Å². The topological polar surface area (TPSA) is 203 Å². The Labute approximate surface area is 245 Å². The second-order valence-electron chi connectivity index (χ2n) is 9.36. The molecule has 0 bridgehead atoms. The van der Waals surface area contributed by atoms with Crippen LogP contribution >= 0.6 is 15.9 Å². The van der Waals surface area contributed by atoms with Crippen LogP contribution in [0.15, 0.2) is 79.6 Å². The Morgan fingerprint density at radius 1 is 0.857 bits per heavy atom. The molecule has 2 N–H and O–H groups in total. The van der Waals surface area contributed by atoms with Gasteiger partial charge >= 0.3 is 11.4 Å². The van der Waals surface area contributed by atoms with Crippen LogP contribution < -0.4 is 5.73 Å². The van der Waals surface area contributed by atoms with Crippen LogP contribution in [-0.4, -0.2) is 25.4 Å². The lowest BCUT2D eigenvalue weighted by molar-refractivity contribution is -0.385. The van der Waals surface area contributed by atoms with E-state index in [0.29, 0.717) is 32.3 Å². The first kappa shape index (κ1) is 31.3. The number of halogens is 1. The van der Waals surface area contributed by atoms with E-state index in [4.69, 9.17) is 14.6 Å². The first-order chi connectivity index (χ1) is 19.4. The fourth-order valence-electron chi connectivity index (χ4n) is 3.65. The number of fused-ring (bicyclic) bond motifs is 6. The second kappa shape index (κ2) is 12.6. The Kier molecular flexibility index (Phi) is 9.37. The van der Waals surface area contributed by atoms with Gasteiger partial charge in [0.1, 0.15) is 44.7 Å². The Morgan fingerprint density at radius 3 is 1.76 bits per heavy atom. The molecule has 6 rings (SSSR count). The summed E-state index contributed by atoms with van der Waals surface area (Å²) in [4.78, 5) is 42.2. The molecule has 14 nitrogen and oxygen atoms in total. The van der Waals surface area contributed by atoms with Gasteiger partial charge < -0.3 is 19.4 Å². The maximum absolute atomic E-state index is 10.8. The van der Waals surface area contributed by atoms with Gasteiger partial charge in [-0.25, -0.2) is 9.97 Å². The molecule has 0 aliphatic carbocycles. The number of aromatic nitrogens is 2. The van der Waals surface area contributed by atoms with Crippen LogP contribution in [0.4, 0.5) is 17.1 Å². The number of pyridine rings is 2. The van der Waals surface area contributed by atoms with Crippen LogP contribution in [0.3, 0.4) is 0 Å². The summed E-state index contributed by atoms with van der Waals surface area (Å²) in [7, 11) is 0. The number of nitrogens with two attached hydrogens (primary N) is 1. The molecular weight excluding hydrogens is 616 g/mol. The lowest BCUT2D eigenvalue weighted by Crippen LogP contribution is -2.14. The van der Waals surface area contributed by atoms with Crippen molar-refractivity contribution in [3.8, 4) is 0 Å². The molecule has 0 aliphatic heterocycles. The van der Waals surface area contributed by atoms with E-state index in [9.17, 15) is 25.1 Å². The molecule has 218 valence electrons. The maximum atomic E-state index is 10.8. The summed E-state index contributed by atoms with van der Waals surface area (Å²) in [6.07, 6.45) is 2.38. The maximum Gasteiger partial charge on any atom is 0.314 e. The number of furan rings is 2. The first-order valence-electron chi connectivity index (χ1n) is 11.7. The lowest BCUT2D eigenvalue weighted by atomic mass is 10.2. The highest BCUT2D eigenvalue weighted by molar-refractivity contribution is 9.10. The molecule has 42 heavy (non-hydrogen) atoms.